The average molecular weight is 480 g/mol. The maximum absolute atomic E-state index is 12.5. The zero-order valence-corrected chi connectivity index (χ0v) is 22.6. The summed E-state index contributed by atoms with van der Waals surface area (Å²) < 4.78 is 6.11. The lowest BCUT2D eigenvalue weighted by atomic mass is 9.82. The molecule has 3 heterocycles. The second kappa shape index (κ2) is 10.5. The first-order valence-electron chi connectivity index (χ1n) is 12.6. The van der Waals surface area contributed by atoms with Gasteiger partial charge >= 0.3 is 5.97 Å². The molecule has 0 aromatic carbocycles. The maximum atomic E-state index is 12.5. The molecule has 0 amide bonds. The Morgan fingerprint density at radius 1 is 1.14 bits per heavy atom. The van der Waals surface area contributed by atoms with Gasteiger partial charge in [0.15, 0.2) is 6.10 Å². The summed E-state index contributed by atoms with van der Waals surface area (Å²) in [5.41, 5.74) is 4.54. The normalized spacial score (nSPS) is 17.2. The molecule has 1 N–H and O–H groups in total. The number of carboxylic acids is 1. The van der Waals surface area contributed by atoms with Crippen molar-refractivity contribution in [3.8, 4) is 11.1 Å². The van der Waals surface area contributed by atoms with Gasteiger partial charge in [-0.05, 0) is 64.0 Å². The van der Waals surface area contributed by atoms with Crippen molar-refractivity contribution < 1.29 is 14.6 Å². The number of aryl methyl sites for hydroxylation is 1. The monoisotopic (exact) mass is 479 g/mol. The van der Waals surface area contributed by atoms with Gasteiger partial charge in [-0.25, -0.2) is 4.79 Å². The first kappa shape index (κ1) is 26.9. The largest absolute Gasteiger partial charge is 0.479 e. The van der Waals surface area contributed by atoms with Gasteiger partial charge < -0.3 is 14.7 Å². The molecule has 2 aromatic rings. The van der Waals surface area contributed by atoms with E-state index in [1.165, 1.54) is 0 Å². The van der Waals surface area contributed by atoms with Gasteiger partial charge in [0.05, 0.1) is 17.0 Å². The second-order valence-corrected chi connectivity index (χ2v) is 11.7. The topological polar surface area (TPSA) is 75.5 Å². The third-order valence-electron chi connectivity index (χ3n) is 6.43. The van der Waals surface area contributed by atoms with Crippen LogP contribution in [-0.4, -0.2) is 39.7 Å². The summed E-state index contributed by atoms with van der Waals surface area (Å²) in [5, 5.41) is 10.2. The first-order chi connectivity index (χ1) is 16.3. The van der Waals surface area contributed by atoms with Gasteiger partial charge in [-0.3, -0.25) is 9.97 Å². The Hall–Kier alpha value is -2.73. The number of aromatic nitrogens is 2. The van der Waals surface area contributed by atoms with Gasteiger partial charge in [0.1, 0.15) is 0 Å². The SMILES string of the molecule is Cc1ncc(-c2ccc(/C=C\C(C)C)nc2)c(N2CCC(C)(C)CC2)c1C(OC(C)(C)C)C(=O)O. The van der Waals surface area contributed by atoms with Crippen LogP contribution in [0.1, 0.15) is 84.4 Å². The number of carbonyl (C=O) groups is 1. The third-order valence-corrected chi connectivity index (χ3v) is 6.43. The second-order valence-electron chi connectivity index (χ2n) is 11.7. The number of anilines is 1. The number of pyridine rings is 2. The minimum absolute atomic E-state index is 0.263. The van der Waals surface area contributed by atoms with E-state index in [2.05, 4.69) is 48.6 Å². The molecule has 1 atom stereocenters. The van der Waals surface area contributed by atoms with E-state index in [9.17, 15) is 9.90 Å². The molecule has 0 spiro atoms. The van der Waals surface area contributed by atoms with Crippen molar-refractivity contribution in [2.75, 3.05) is 18.0 Å². The summed E-state index contributed by atoms with van der Waals surface area (Å²) in [6, 6.07) is 4.04. The molecule has 1 saturated heterocycles. The average Bonchev–Trinajstić information content (AvgIpc) is 2.76. The number of hydrogen-bond donors (Lipinski definition) is 1. The molecule has 1 aliphatic rings. The maximum Gasteiger partial charge on any atom is 0.337 e. The molecule has 1 aliphatic heterocycles. The Kier molecular flexibility index (Phi) is 8.05. The molecule has 6 nitrogen and oxygen atoms in total. The Morgan fingerprint density at radius 3 is 2.31 bits per heavy atom. The van der Waals surface area contributed by atoms with Crippen molar-refractivity contribution in [3.05, 3.63) is 47.6 Å². The number of nitrogens with zero attached hydrogens (tertiary/aromatic N) is 3. The Bertz CT molecular complexity index is 1060. The molecule has 2 aromatic heterocycles. The fraction of sp³-hybridized carbons (Fsp3) is 0.552. The van der Waals surface area contributed by atoms with E-state index < -0.39 is 17.7 Å². The van der Waals surface area contributed by atoms with Crippen molar-refractivity contribution in [1.29, 1.82) is 0 Å². The molecule has 3 rings (SSSR count). The van der Waals surface area contributed by atoms with Crippen molar-refractivity contribution in [3.63, 3.8) is 0 Å². The quantitative estimate of drug-likeness (QED) is 0.477. The molecular formula is C29H41N3O3. The summed E-state index contributed by atoms with van der Waals surface area (Å²) >= 11 is 0. The van der Waals surface area contributed by atoms with E-state index in [4.69, 9.17) is 4.74 Å². The van der Waals surface area contributed by atoms with E-state index in [0.29, 0.717) is 17.2 Å². The van der Waals surface area contributed by atoms with Gasteiger partial charge in [0.25, 0.3) is 0 Å². The van der Waals surface area contributed by atoms with E-state index in [0.717, 1.165) is 48.4 Å². The Morgan fingerprint density at radius 2 is 1.80 bits per heavy atom. The zero-order chi connectivity index (χ0) is 26.0. The molecule has 1 unspecified atom stereocenters. The lowest BCUT2D eigenvalue weighted by Crippen LogP contribution is -2.39. The molecule has 1 fully saturated rings. The highest BCUT2D eigenvalue weighted by Gasteiger charge is 2.35. The molecule has 6 heteroatoms. The fourth-order valence-corrected chi connectivity index (χ4v) is 4.35. The van der Waals surface area contributed by atoms with Crippen LogP contribution in [0.15, 0.2) is 30.6 Å². The lowest BCUT2D eigenvalue weighted by Gasteiger charge is -2.40. The smallest absolute Gasteiger partial charge is 0.337 e. The number of aliphatic carboxylic acids is 1. The van der Waals surface area contributed by atoms with E-state index >= 15 is 0 Å². The van der Waals surface area contributed by atoms with Crippen LogP contribution in [0.25, 0.3) is 17.2 Å². The third kappa shape index (κ3) is 6.91. The summed E-state index contributed by atoms with van der Waals surface area (Å²) in [6.07, 6.45) is 8.80. The van der Waals surface area contributed by atoms with Crippen LogP contribution in [0.5, 0.6) is 0 Å². The van der Waals surface area contributed by atoms with Crippen molar-refractivity contribution >= 4 is 17.7 Å². The predicted octanol–water partition coefficient (Wildman–Crippen LogP) is 6.69. The predicted molar refractivity (Wildman–Crippen MR) is 143 cm³/mol. The van der Waals surface area contributed by atoms with Crippen molar-refractivity contribution in [2.45, 2.75) is 79.9 Å². The summed E-state index contributed by atoms with van der Waals surface area (Å²) in [4.78, 5) is 24.1. The molecule has 190 valence electrons. The highest BCUT2D eigenvalue weighted by molar-refractivity contribution is 5.86. The van der Waals surface area contributed by atoms with Gasteiger partial charge in [-0.2, -0.15) is 0 Å². The first-order valence-corrected chi connectivity index (χ1v) is 12.6. The van der Waals surface area contributed by atoms with E-state index in [1.54, 1.807) is 0 Å². The number of rotatable bonds is 7. The summed E-state index contributed by atoms with van der Waals surface area (Å²) in [6.45, 7) is 18.1. The lowest BCUT2D eigenvalue weighted by molar-refractivity contribution is -0.160. The molecule has 35 heavy (non-hydrogen) atoms. The summed E-state index contributed by atoms with van der Waals surface area (Å²) in [5.74, 6) is -0.557. The number of hydrogen-bond acceptors (Lipinski definition) is 5. The van der Waals surface area contributed by atoms with Gasteiger partial charge in [0.2, 0.25) is 0 Å². The highest BCUT2D eigenvalue weighted by Crippen LogP contribution is 2.43. The number of ether oxygens (including phenoxy) is 1. The molecule has 0 radical (unpaired) electrons. The molecule has 0 aliphatic carbocycles. The fourth-order valence-electron chi connectivity index (χ4n) is 4.35. The molecule has 0 bridgehead atoms. The van der Waals surface area contributed by atoms with Gasteiger partial charge in [-0.15, -0.1) is 0 Å². The van der Waals surface area contributed by atoms with Crippen LogP contribution in [0.2, 0.25) is 0 Å². The highest BCUT2D eigenvalue weighted by atomic mass is 16.5. The minimum Gasteiger partial charge on any atom is -0.479 e. The van der Waals surface area contributed by atoms with Gasteiger partial charge in [0, 0.05) is 47.9 Å². The van der Waals surface area contributed by atoms with Crippen LogP contribution in [0, 0.1) is 18.3 Å². The van der Waals surface area contributed by atoms with E-state index in [1.807, 2.05) is 58.3 Å². The van der Waals surface area contributed by atoms with Crippen LogP contribution >= 0.6 is 0 Å². The van der Waals surface area contributed by atoms with Crippen molar-refractivity contribution in [1.82, 2.24) is 9.97 Å². The number of carboxylic acid groups (broad SMARTS) is 1. The molecular weight excluding hydrogens is 438 g/mol. The van der Waals surface area contributed by atoms with Crippen LogP contribution in [0.4, 0.5) is 5.69 Å². The molecule has 0 saturated carbocycles. The van der Waals surface area contributed by atoms with Gasteiger partial charge in [-0.1, -0.05) is 39.8 Å². The summed E-state index contributed by atoms with van der Waals surface area (Å²) in [7, 11) is 0. The van der Waals surface area contributed by atoms with Crippen molar-refractivity contribution in [2.24, 2.45) is 11.3 Å². The van der Waals surface area contributed by atoms with Crippen LogP contribution in [0.3, 0.4) is 0 Å². The van der Waals surface area contributed by atoms with E-state index in [-0.39, 0.29) is 5.41 Å². The Labute approximate surface area is 210 Å². The van der Waals surface area contributed by atoms with Crippen LogP contribution < -0.4 is 4.90 Å². The minimum atomic E-state index is -1.12. The number of allylic oxidation sites excluding steroid dienone is 1. The Balaban J connectivity index is 2.17. The standard InChI is InChI=1S/C29H41N3O3/c1-19(2)9-11-22-12-10-21(17-31-22)23-18-30-20(3)24(26(27(33)34)35-28(4,5)6)25(23)32-15-13-29(7,8)14-16-32/h9-12,17-19,26H,13-16H2,1-8H3,(H,33,34)/b11-9-. The van der Waals surface area contributed by atoms with Crippen LogP contribution in [-0.2, 0) is 9.53 Å². The zero-order valence-electron chi connectivity index (χ0n) is 22.6. The number of piperidine rings is 1.